The van der Waals surface area contributed by atoms with Crippen LogP contribution in [0, 0.1) is 0 Å². The number of aliphatic carboxylic acids is 1. The van der Waals surface area contributed by atoms with Crippen LogP contribution in [0.3, 0.4) is 0 Å². The molecule has 1 aliphatic heterocycles. The van der Waals surface area contributed by atoms with Gasteiger partial charge in [0.05, 0.1) is 0 Å². The van der Waals surface area contributed by atoms with E-state index in [1.807, 2.05) is 37.3 Å². The van der Waals surface area contributed by atoms with Crippen LogP contribution in [0.5, 0.6) is 0 Å². The van der Waals surface area contributed by atoms with Crippen molar-refractivity contribution in [3.63, 3.8) is 0 Å². The first-order valence-corrected chi connectivity index (χ1v) is 8.13. The molecule has 0 aliphatic carbocycles. The van der Waals surface area contributed by atoms with Crippen LogP contribution < -0.4 is 0 Å². The van der Waals surface area contributed by atoms with Gasteiger partial charge in [0, 0.05) is 11.5 Å². The molecule has 1 aromatic carbocycles. The second-order valence-corrected chi connectivity index (χ2v) is 5.98. The highest BCUT2D eigenvalue weighted by molar-refractivity contribution is 5.73. The Morgan fingerprint density at radius 3 is 2.65 bits per heavy atom. The average molecular weight is 314 g/mol. The van der Waals surface area contributed by atoms with E-state index in [2.05, 4.69) is 20.1 Å². The Morgan fingerprint density at radius 1 is 1.35 bits per heavy atom. The van der Waals surface area contributed by atoms with Gasteiger partial charge in [0.2, 0.25) is 0 Å². The molecule has 1 aromatic heterocycles. The van der Waals surface area contributed by atoms with Crippen molar-refractivity contribution < 1.29 is 9.90 Å². The third-order valence-corrected chi connectivity index (χ3v) is 4.56. The summed E-state index contributed by atoms with van der Waals surface area (Å²) in [5.41, 5.74) is 1.00. The first-order chi connectivity index (χ1) is 11.2. The number of likely N-dealkylation sites (tertiary alicyclic amines) is 1. The molecule has 122 valence electrons. The van der Waals surface area contributed by atoms with Crippen molar-refractivity contribution in [2.24, 2.45) is 0 Å². The molecule has 0 bridgehead atoms. The Labute approximate surface area is 135 Å². The maximum Gasteiger partial charge on any atom is 0.320 e. The summed E-state index contributed by atoms with van der Waals surface area (Å²) in [6.07, 6.45) is 2.46. The minimum Gasteiger partial charge on any atom is -0.480 e. The van der Waals surface area contributed by atoms with Gasteiger partial charge in [-0.2, -0.15) is 5.10 Å². The van der Waals surface area contributed by atoms with Crippen molar-refractivity contribution >= 4 is 5.97 Å². The smallest absolute Gasteiger partial charge is 0.320 e. The number of rotatable bonds is 5. The molecule has 1 aliphatic rings. The minimum atomic E-state index is -0.725. The van der Waals surface area contributed by atoms with Crippen LogP contribution in [0.15, 0.2) is 30.3 Å². The highest BCUT2D eigenvalue weighted by Crippen LogP contribution is 2.28. The molecule has 6 heteroatoms. The van der Waals surface area contributed by atoms with Gasteiger partial charge in [0.15, 0.2) is 5.82 Å². The molecule has 23 heavy (non-hydrogen) atoms. The van der Waals surface area contributed by atoms with E-state index >= 15 is 0 Å². The molecule has 0 saturated carbocycles. The van der Waals surface area contributed by atoms with Gasteiger partial charge in [-0.15, -0.1) is 0 Å². The third kappa shape index (κ3) is 3.42. The van der Waals surface area contributed by atoms with Crippen LogP contribution in [-0.4, -0.2) is 50.3 Å². The van der Waals surface area contributed by atoms with Crippen LogP contribution in [0.1, 0.15) is 37.9 Å². The fourth-order valence-electron chi connectivity index (χ4n) is 3.25. The number of nitrogens with one attached hydrogen (secondary N) is 1. The van der Waals surface area contributed by atoms with Crippen LogP contribution in [0.25, 0.3) is 11.4 Å². The number of carbonyl (C=O) groups is 1. The van der Waals surface area contributed by atoms with Gasteiger partial charge < -0.3 is 5.11 Å². The van der Waals surface area contributed by atoms with Crippen molar-refractivity contribution in [2.45, 2.75) is 38.1 Å². The van der Waals surface area contributed by atoms with Gasteiger partial charge in [-0.3, -0.25) is 14.8 Å². The lowest BCUT2D eigenvalue weighted by molar-refractivity contribution is -0.143. The lowest BCUT2D eigenvalue weighted by Gasteiger charge is -2.34. The number of carboxylic acid groups (broad SMARTS) is 1. The van der Waals surface area contributed by atoms with Gasteiger partial charge in [-0.1, -0.05) is 37.3 Å². The van der Waals surface area contributed by atoms with Crippen molar-refractivity contribution in [1.29, 1.82) is 0 Å². The summed E-state index contributed by atoms with van der Waals surface area (Å²) in [6, 6.07) is 9.54. The molecule has 0 amide bonds. The molecule has 1 unspecified atom stereocenters. The van der Waals surface area contributed by atoms with E-state index < -0.39 is 5.97 Å². The Bertz CT molecular complexity index is 648. The van der Waals surface area contributed by atoms with Gasteiger partial charge in [-0.25, -0.2) is 4.98 Å². The Hall–Kier alpha value is -2.21. The number of H-pyrrole nitrogens is 1. The second kappa shape index (κ2) is 6.91. The quantitative estimate of drug-likeness (QED) is 0.886. The number of hydrogen-bond donors (Lipinski definition) is 2. The van der Waals surface area contributed by atoms with E-state index in [0.717, 1.165) is 43.1 Å². The molecule has 1 saturated heterocycles. The Kier molecular flexibility index (Phi) is 4.71. The first-order valence-electron chi connectivity index (χ1n) is 8.13. The lowest BCUT2D eigenvalue weighted by atomic mass is 9.94. The number of aromatic nitrogens is 3. The summed E-state index contributed by atoms with van der Waals surface area (Å²) in [5, 5.41) is 16.6. The van der Waals surface area contributed by atoms with E-state index in [1.54, 1.807) is 0 Å². The van der Waals surface area contributed by atoms with Crippen molar-refractivity contribution in [3.8, 4) is 11.4 Å². The topological polar surface area (TPSA) is 82.1 Å². The molecule has 2 N–H and O–H groups in total. The average Bonchev–Trinajstić information content (AvgIpc) is 3.07. The van der Waals surface area contributed by atoms with Crippen molar-refractivity contribution in [2.75, 3.05) is 13.1 Å². The monoisotopic (exact) mass is 314 g/mol. The van der Waals surface area contributed by atoms with E-state index in [4.69, 9.17) is 0 Å². The number of hydrogen-bond acceptors (Lipinski definition) is 4. The first kappa shape index (κ1) is 15.7. The van der Waals surface area contributed by atoms with E-state index in [-0.39, 0.29) is 6.04 Å². The number of carboxylic acids is 1. The van der Waals surface area contributed by atoms with Crippen LogP contribution in [0.2, 0.25) is 0 Å². The summed E-state index contributed by atoms with van der Waals surface area (Å²) in [4.78, 5) is 18.0. The zero-order valence-corrected chi connectivity index (χ0v) is 13.3. The second-order valence-electron chi connectivity index (χ2n) is 5.98. The highest BCUT2D eigenvalue weighted by Gasteiger charge is 2.30. The van der Waals surface area contributed by atoms with Crippen LogP contribution in [0.4, 0.5) is 0 Å². The molecule has 6 nitrogen and oxygen atoms in total. The predicted octanol–water partition coefficient (Wildman–Crippen LogP) is 2.51. The van der Waals surface area contributed by atoms with E-state index in [1.165, 1.54) is 0 Å². The summed E-state index contributed by atoms with van der Waals surface area (Å²) < 4.78 is 0. The van der Waals surface area contributed by atoms with Crippen LogP contribution >= 0.6 is 0 Å². The van der Waals surface area contributed by atoms with Crippen molar-refractivity contribution in [1.82, 2.24) is 20.1 Å². The number of nitrogens with zero attached hydrogens (tertiary/aromatic N) is 3. The molecule has 0 spiro atoms. The number of piperidine rings is 1. The molecule has 3 rings (SSSR count). The molecule has 2 heterocycles. The highest BCUT2D eigenvalue weighted by atomic mass is 16.4. The summed E-state index contributed by atoms with van der Waals surface area (Å²) >= 11 is 0. The zero-order chi connectivity index (χ0) is 16.2. The molecular weight excluding hydrogens is 292 g/mol. The van der Waals surface area contributed by atoms with Crippen molar-refractivity contribution in [3.05, 3.63) is 36.2 Å². The third-order valence-electron chi connectivity index (χ3n) is 4.56. The summed E-state index contributed by atoms with van der Waals surface area (Å²) in [7, 11) is 0. The van der Waals surface area contributed by atoms with Gasteiger partial charge in [-0.05, 0) is 32.4 Å². The van der Waals surface area contributed by atoms with E-state index in [0.29, 0.717) is 12.3 Å². The standard InChI is InChI=1S/C17H22N4O2/c1-2-14(17(22)23)21-10-8-13(9-11-21)16-18-15(19-20-16)12-6-4-3-5-7-12/h3-7,13-14H,2,8-11H2,1H3,(H,22,23)(H,18,19,20). The summed E-state index contributed by atoms with van der Waals surface area (Å²) in [5.74, 6) is 1.23. The SMILES string of the molecule is CCC(C(=O)O)N1CCC(c2nc(-c3ccccc3)n[nH]2)CC1. The maximum absolute atomic E-state index is 11.3. The normalized spacial score (nSPS) is 18.0. The minimum absolute atomic E-state index is 0.322. The fourth-order valence-corrected chi connectivity index (χ4v) is 3.25. The van der Waals surface area contributed by atoms with E-state index in [9.17, 15) is 9.90 Å². The number of benzene rings is 1. The molecule has 1 fully saturated rings. The zero-order valence-electron chi connectivity index (χ0n) is 13.3. The Morgan fingerprint density at radius 2 is 2.04 bits per heavy atom. The number of aromatic amines is 1. The summed E-state index contributed by atoms with van der Waals surface area (Å²) in [6.45, 7) is 3.50. The Balaban J connectivity index is 1.64. The molecule has 0 radical (unpaired) electrons. The lowest BCUT2D eigenvalue weighted by Crippen LogP contribution is -2.45. The molecule has 2 aromatic rings. The fraction of sp³-hybridized carbons (Fsp3) is 0.471. The molecular formula is C17H22N4O2. The maximum atomic E-state index is 11.3. The van der Waals surface area contributed by atoms with Gasteiger partial charge >= 0.3 is 5.97 Å². The van der Waals surface area contributed by atoms with Gasteiger partial charge in [0.25, 0.3) is 0 Å². The van der Waals surface area contributed by atoms with Crippen LogP contribution in [-0.2, 0) is 4.79 Å². The van der Waals surface area contributed by atoms with Gasteiger partial charge in [0.1, 0.15) is 11.9 Å². The largest absolute Gasteiger partial charge is 0.480 e. The predicted molar refractivity (Wildman–Crippen MR) is 87.1 cm³/mol. The molecule has 1 atom stereocenters.